The molecule has 0 saturated heterocycles. The Balaban J connectivity index is 1.87. The number of carbonyl (C=O) groups excluding carboxylic acids is 1. The second kappa shape index (κ2) is 9.73. The highest BCUT2D eigenvalue weighted by Crippen LogP contribution is 2.23. The molecule has 4 heteroatoms. The summed E-state index contributed by atoms with van der Waals surface area (Å²) in [6, 6.07) is 17.8. The van der Waals surface area contributed by atoms with Crippen molar-refractivity contribution >= 4 is 11.6 Å². The number of rotatable bonds is 9. The van der Waals surface area contributed by atoms with Gasteiger partial charge in [0.25, 0.3) is 0 Å². The third-order valence-electron chi connectivity index (χ3n) is 3.82. The molecular formula is C20H26N2O2. The summed E-state index contributed by atoms with van der Waals surface area (Å²) in [7, 11) is 1.60. The van der Waals surface area contributed by atoms with Gasteiger partial charge in [-0.1, -0.05) is 49.4 Å². The number of hydrogen-bond acceptors (Lipinski definition) is 3. The van der Waals surface area contributed by atoms with Crippen molar-refractivity contribution in [1.82, 2.24) is 4.90 Å². The minimum absolute atomic E-state index is 0.00802. The predicted octanol–water partition coefficient (Wildman–Crippen LogP) is 3.94. The summed E-state index contributed by atoms with van der Waals surface area (Å²) in [6.07, 6.45) is 1.53. The van der Waals surface area contributed by atoms with Gasteiger partial charge in [0.2, 0.25) is 5.91 Å². The van der Waals surface area contributed by atoms with Gasteiger partial charge in [0.05, 0.1) is 12.8 Å². The zero-order valence-electron chi connectivity index (χ0n) is 14.5. The van der Waals surface area contributed by atoms with Gasteiger partial charge >= 0.3 is 0 Å². The summed E-state index contributed by atoms with van der Waals surface area (Å²) in [5, 5.41) is 2.93. The number of carbonyl (C=O) groups is 1. The number of amides is 1. The van der Waals surface area contributed by atoms with E-state index in [1.165, 1.54) is 5.56 Å². The normalized spacial score (nSPS) is 10.6. The summed E-state index contributed by atoms with van der Waals surface area (Å²) >= 11 is 0. The molecular weight excluding hydrogens is 300 g/mol. The number of para-hydroxylation sites is 2. The molecule has 2 rings (SSSR count). The Morgan fingerprint density at radius 1 is 1.04 bits per heavy atom. The molecule has 0 saturated carbocycles. The average Bonchev–Trinajstić information content (AvgIpc) is 2.61. The minimum atomic E-state index is 0.00802. The Hall–Kier alpha value is -2.33. The molecule has 1 amide bonds. The molecule has 0 aliphatic carbocycles. The molecule has 1 N–H and O–H groups in total. The van der Waals surface area contributed by atoms with E-state index in [9.17, 15) is 4.79 Å². The number of methoxy groups -OCH3 is 1. The molecule has 0 spiro atoms. The lowest BCUT2D eigenvalue weighted by Crippen LogP contribution is -2.28. The van der Waals surface area contributed by atoms with Crippen molar-refractivity contribution in [3.05, 3.63) is 60.2 Å². The largest absolute Gasteiger partial charge is 0.495 e. The maximum Gasteiger partial charge on any atom is 0.225 e. The topological polar surface area (TPSA) is 41.6 Å². The van der Waals surface area contributed by atoms with Crippen LogP contribution in [0.3, 0.4) is 0 Å². The highest BCUT2D eigenvalue weighted by Gasteiger charge is 2.10. The number of anilines is 1. The third-order valence-corrected chi connectivity index (χ3v) is 3.82. The maximum absolute atomic E-state index is 12.2. The number of nitrogens with zero attached hydrogens (tertiary/aromatic N) is 1. The van der Waals surface area contributed by atoms with E-state index in [4.69, 9.17) is 4.74 Å². The molecule has 4 nitrogen and oxygen atoms in total. The highest BCUT2D eigenvalue weighted by molar-refractivity contribution is 5.92. The first-order valence-electron chi connectivity index (χ1n) is 8.42. The van der Waals surface area contributed by atoms with Crippen LogP contribution >= 0.6 is 0 Å². The van der Waals surface area contributed by atoms with Gasteiger partial charge in [-0.2, -0.15) is 0 Å². The first kappa shape index (κ1) is 18.0. The summed E-state index contributed by atoms with van der Waals surface area (Å²) in [5.41, 5.74) is 1.99. The van der Waals surface area contributed by atoms with Gasteiger partial charge in [-0.25, -0.2) is 0 Å². The lowest BCUT2D eigenvalue weighted by molar-refractivity contribution is -0.116. The van der Waals surface area contributed by atoms with Crippen LogP contribution in [0, 0.1) is 0 Å². The number of hydrogen-bond donors (Lipinski definition) is 1. The fourth-order valence-corrected chi connectivity index (χ4v) is 2.65. The second-order valence-electron chi connectivity index (χ2n) is 5.76. The van der Waals surface area contributed by atoms with Gasteiger partial charge < -0.3 is 10.1 Å². The smallest absolute Gasteiger partial charge is 0.225 e. The Labute approximate surface area is 144 Å². The minimum Gasteiger partial charge on any atom is -0.495 e. The zero-order chi connectivity index (χ0) is 17.2. The standard InChI is InChI=1S/C20H26N2O2/c1-3-14-22(16-17-9-5-4-6-10-17)15-13-20(23)21-18-11-7-8-12-19(18)24-2/h4-12H,3,13-16H2,1-2H3,(H,21,23). The Morgan fingerprint density at radius 2 is 1.75 bits per heavy atom. The molecule has 0 aliphatic heterocycles. The van der Waals surface area contributed by atoms with Gasteiger partial charge in [0, 0.05) is 19.5 Å². The van der Waals surface area contributed by atoms with Crippen LogP contribution in [0.5, 0.6) is 5.75 Å². The molecule has 0 bridgehead atoms. The van der Waals surface area contributed by atoms with E-state index in [1.54, 1.807) is 7.11 Å². The van der Waals surface area contributed by atoms with Crippen LogP contribution in [0.2, 0.25) is 0 Å². The van der Waals surface area contributed by atoms with Crippen molar-refractivity contribution in [3.8, 4) is 5.75 Å². The summed E-state index contributed by atoms with van der Waals surface area (Å²) in [6.45, 7) is 4.75. The van der Waals surface area contributed by atoms with E-state index in [2.05, 4.69) is 29.3 Å². The van der Waals surface area contributed by atoms with Crippen molar-refractivity contribution in [1.29, 1.82) is 0 Å². The quantitative estimate of drug-likeness (QED) is 0.759. The van der Waals surface area contributed by atoms with Crippen LogP contribution in [0.25, 0.3) is 0 Å². The van der Waals surface area contributed by atoms with Crippen molar-refractivity contribution in [3.63, 3.8) is 0 Å². The SMILES string of the molecule is CCCN(CCC(=O)Nc1ccccc1OC)Cc1ccccc1. The molecule has 128 valence electrons. The number of benzene rings is 2. The third kappa shape index (κ3) is 5.70. The zero-order valence-corrected chi connectivity index (χ0v) is 14.5. The first-order valence-corrected chi connectivity index (χ1v) is 8.42. The van der Waals surface area contributed by atoms with E-state index in [-0.39, 0.29) is 5.91 Å². The lowest BCUT2D eigenvalue weighted by Gasteiger charge is -2.21. The van der Waals surface area contributed by atoms with Gasteiger partial charge in [-0.15, -0.1) is 0 Å². The van der Waals surface area contributed by atoms with Crippen LogP contribution in [0.4, 0.5) is 5.69 Å². The van der Waals surface area contributed by atoms with Crippen LogP contribution in [-0.4, -0.2) is 31.0 Å². The molecule has 0 radical (unpaired) electrons. The van der Waals surface area contributed by atoms with Gasteiger partial charge in [-0.3, -0.25) is 9.69 Å². The Bertz CT molecular complexity index is 629. The maximum atomic E-state index is 12.2. The summed E-state index contributed by atoms with van der Waals surface area (Å²) < 4.78 is 5.26. The van der Waals surface area contributed by atoms with Gasteiger partial charge in [0.1, 0.15) is 5.75 Å². The van der Waals surface area contributed by atoms with Gasteiger partial charge in [-0.05, 0) is 30.7 Å². The summed E-state index contributed by atoms with van der Waals surface area (Å²) in [5.74, 6) is 0.689. The second-order valence-corrected chi connectivity index (χ2v) is 5.76. The molecule has 0 unspecified atom stereocenters. The molecule has 2 aromatic carbocycles. The Kier molecular flexibility index (Phi) is 7.30. The fraction of sp³-hybridized carbons (Fsp3) is 0.350. The Morgan fingerprint density at radius 3 is 2.46 bits per heavy atom. The molecule has 2 aromatic rings. The van der Waals surface area contributed by atoms with Crippen LogP contribution in [-0.2, 0) is 11.3 Å². The van der Waals surface area contributed by atoms with Crippen LogP contribution < -0.4 is 10.1 Å². The summed E-state index contributed by atoms with van der Waals surface area (Å²) in [4.78, 5) is 14.6. The van der Waals surface area contributed by atoms with E-state index in [0.29, 0.717) is 12.2 Å². The molecule has 0 heterocycles. The average molecular weight is 326 g/mol. The fourth-order valence-electron chi connectivity index (χ4n) is 2.65. The first-order chi connectivity index (χ1) is 11.7. The molecule has 0 atom stereocenters. The van der Waals surface area contributed by atoms with E-state index in [0.717, 1.165) is 31.7 Å². The van der Waals surface area contributed by atoms with Crippen molar-refractivity contribution in [2.75, 3.05) is 25.5 Å². The molecule has 0 aliphatic rings. The van der Waals surface area contributed by atoms with E-state index >= 15 is 0 Å². The predicted molar refractivity (Wildman–Crippen MR) is 98.3 cm³/mol. The lowest BCUT2D eigenvalue weighted by atomic mass is 10.2. The molecule has 0 fully saturated rings. The highest BCUT2D eigenvalue weighted by atomic mass is 16.5. The van der Waals surface area contributed by atoms with Crippen LogP contribution in [0.15, 0.2) is 54.6 Å². The van der Waals surface area contributed by atoms with Gasteiger partial charge in [0.15, 0.2) is 0 Å². The molecule has 24 heavy (non-hydrogen) atoms. The monoisotopic (exact) mass is 326 g/mol. The van der Waals surface area contributed by atoms with Crippen LogP contribution in [0.1, 0.15) is 25.3 Å². The van der Waals surface area contributed by atoms with Crippen molar-refractivity contribution in [2.24, 2.45) is 0 Å². The van der Waals surface area contributed by atoms with E-state index < -0.39 is 0 Å². The number of nitrogens with one attached hydrogen (secondary N) is 1. The van der Waals surface area contributed by atoms with Crippen molar-refractivity contribution in [2.45, 2.75) is 26.3 Å². The molecule has 0 aromatic heterocycles. The number of ether oxygens (including phenoxy) is 1. The van der Waals surface area contributed by atoms with Crippen molar-refractivity contribution < 1.29 is 9.53 Å². The van der Waals surface area contributed by atoms with E-state index in [1.807, 2.05) is 42.5 Å².